The molecule has 1 heterocycles. The Labute approximate surface area is 193 Å². The van der Waals surface area contributed by atoms with E-state index in [1.807, 2.05) is 6.08 Å². The van der Waals surface area contributed by atoms with Crippen molar-refractivity contribution in [2.75, 3.05) is 25.9 Å². The first kappa shape index (κ1) is 26.1. The average Bonchev–Trinajstić information content (AvgIpc) is 3.15. The van der Waals surface area contributed by atoms with Crippen LogP contribution < -0.4 is 16.8 Å². The third-order valence-corrected chi connectivity index (χ3v) is 5.09. The third-order valence-electron chi connectivity index (χ3n) is 5.09. The van der Waals surface area contributed by atoms with Gasteiger partial charge in [-0.25, -0.2) is 4.98 Å². The number of nitrogens with two attached hydrogens (primary N) is 2. The molecule has 2 rings (SSSR count). The lowest BCUT2D eigenvalue weighted by molar-refractivity contribution is -0.188. The van der Waals surface area contributed by atoms with E-state index in [0.29, 0.717) is 6.54 Å². The highest BCUT2D eigenvalue weighted by molar-refractivity contribution is 5.95. The molecule has 0 saturated carbocycles. The highest BCUT2D eigenvalue weighted by Gasteiger charge is 2.39. The lowest BCUT2D eigenvalue weighted by atomic mass is 9.97. The number of nitrogen functional groups attached to an aromatic ring is 1. The number of amides is 1. The maximum Gasteiger partial charge on any atom is 0.313 e. The van der Waals surface area contributed by atoms with Gasteiger partial charge in [-0.3, -0.25) is 19.0 Å². The van der Waals surface area contributed by atoms with Crippen LogP contribution in [0.5, 0.6) is 0 Å². The monoisotopic (exact) mass is 463 g/mol. The first-order valence-corrected chi connectivity index (χ1v) is 10.6. The first-order chi connectivity index (χ1) is 15.6. The summed E-state index contributed by atoms with van der Waals surface area (Å²) in [7, 11) is 1.45. The van der Waals surface area contributed by atoms with E-state index in [1.165, 1.54) is 18.0 Å². The van der Waals surface area contributed by atoms with Crippen molar-refractivity contribution in [2.24, 2.45) is 11.1 Å². The summed E-state index contributed by atoms with van der Waals surface area (Å²) in [5, 5.41) is 3.26. The van der Waals surface area contributed by atoms with Crippen LogP contribution in [0, 0.1) is 5.41 Å². The van der Waals surface area contributed by atoms with E-state index < -0.39 is 35.7 Å². The molecule has 1 amide bonds. The minimum Gasteiger partial charge on any atom is -0.456 e. The minimum atomic E-state index is -1.26. The highest BCUT2D eigenvalue weighted by atomic mass is 16.6. The van der Waals surface area contributed by atoms with Gasteiger partial charge in [-0.05, 0) is 39.2 Å². The van der Waals surface area contributed by atoms with E-state index in [1.54, 1.807) is 20.8 Å². The number of aromatic nitrogens is 2. The Morgan fingerprint density at radius 2 is 2.06 bits per heavy atom. The van der Waals surface area contributed by atoms with Gasteiger partial charge in [-0.2, -0.15) is 0 Å². The number of rotatable bonds is 12. The zero-order valence-corrected chi connectivity index (χ0v) is 19.4. The van der Waals surface area contributed by atoms with Gasteiger partial charge >= 0.3 is 5.97 Å². The van der Waals surface area contributed by atoms with Crippen molar-refractivity contribution in [3.63, 3.8) is 0 Å². The number of imidazole rings is 1. The molecule has 5 N–H and O–H groups in total. The van der Waals surface area contributed by atoms with E-state index in [-0.39, 0.29) is 24.5 Å². The highest BCUT2D eigenvalue weighted by Crippen LogP contribution is 2.29. The summed E-state index contributed by atoms with van der Waals surface area (Å²) in [6, 6.07) is 0. The van der Waals surface area contributed by atoms with Crippen LogP contribution in [0.4, 0.5) is 5.82 Å². The largest absolute Gasteiger partial charge is 0.456 e. The van der Waals surface area contributed by atoms with Crippen molar-refractivity contribution >= 4 is 24.2 Å². The number of ether oxygens (including phenoxy) is 3. The van der Waals surface area contributed by atoms with Crippen molar-refractivity contribution in [2.45, 2.75) is 52.0 Å². The van der Waals surface area contributed by atoms with Gasteiger partial charge in [0.2, 0.25) is 6.23 Å². The molecule has 0 aromatic carbocycles. The van der Waals surface area contributed by atoms with E-state index in [9.17, 15) is 14.4 Å². The SMILES string of the molecule is COC(CNCC1=CCCC=C1)[C@@H](OC=O)[C@@H](OC(=O)C(C)(C)C)n1cnc(C(N)=O)c1N. The number of primary amides is 1. The normalized spacial score (nSPS) is 16.4. The molecule has 0 bridgehead atoms. The Morgan fingerprint density at radius 3 is 2.58 bits per heavy atom. The molecule has 11 nitrogen and oxygen atoms in total. The van der Waals surface area contributed by atoms with Gasteiger partial charge in [0.15, 0.2) is 11.8 Å². The standard InChI is InChI=1S/C22H33N5O6/c1-22(2,3)21(30)33-20(27-12-26-16(18(27)23)19(24)29)17(32-13-28)15(31-4)11-25-10-14-8-6-5-7-9-14/h6,8-9,12-13,15,17,20,25H,5,7,10-11,23H2,1-4H3,(H2,24,29)/t15?,17-,20-/m1/s1. The molecule has 1 aliphatic carbocycles. The van der Waals surface area contributed by atoms with Crippen LogP contribution in [0.25, 0.3) is 0 Å². The van der Waals surface area contributed by atoms with Crippen molar-refractivity contribution in [3.8, 4) is 0 Å². The second-order valence-electron chi connectivity index (χ2n) is 8.66. The zero-order valence-electron chi connectivity index (χ0n) is 19.4. The summed E-state index contributed by atoms with van der Waals surface area (Å²) in [5.74, 6) is -1.56. The topological polar surface area (TPSA) is 161 Å². The molecule has 1 aliphatic rings. The molecule has 11 heteroatoms. The molecular weight excluding hydrogens is 430 g/mol. The molecule has 0 saturated heterocycles. The van der Waals surface area contributed by atoms with Crippen LogP contribution in [0.3, 0.4) is 0 Å². The molecule has 0 fully saturated rings. The smallest absolute Gasteiger partial charge is 0.313 e. The fourth-order valence-electron chi connectivity index (χ4n) is 3.23. The fourth-order valence-corrected chi connectivity index (χ4v) is 3.23. The van der Waals surface area contributed by atoms with Gasteiger partial charge in [0, 0.05) is 20.2 Å². The Bertz CT molecular complexity index is 902. The molecular formula is C22H33N5O6. The molecule has 0 spiro atoms. The Hall–Kier alpha value is -3.18. The van der Waals surface area contributed by atoms with Crippen molar-refractivity contribution in [1.82, 2.24) is 14.9 Å². The summed E-state index contributed by atoms with van der Waals surface area (Å²) in [6.45, 7) is 6.11. The van der Waals surface area contributed by atoms with Crippen LogP contribution >= 0.6 is 0 Å². The van der Waals surface area contributed by atoms with Gasteiger partial charge in [0.1, 0.15) is 18.2 Å². The van der Waals surface area contributed by atoms with Crippen molar-refractivity contribution in [1.29, 1.82) is 0 Å². The third kappa shape index (κ3) is 6.90. The maximum absolute atomic E-state index is 12.7. The Balaban J connectivity index is 2.34. The van der Waals surface area contributed by atoms with Gasteiger partial charge in [0.05, 0.1) is 5.41 Å². The summed E-state index contributed by atoms with van der Waals surface area (Å²) in [4.78, 5) is 39.7. The predicted molar refractivity (Wildman–Crippen MR) is 121 cm³/mol. The van der Waals surface area contributed by atoms with Gasteiger partial charge in [0.25, 0.3) is 12.4 Å². The number of carbonyl (C=O) groups excluding carboxylic acids is 3. The van der Waals surface area contributed by atoms with Crippen LogP contribution in [0.15, 0.2) is 30.1 Å². The fraction of sp³-hybridized carbons (Fsp3) is 0.545. The second kappa shape index (κ2) is 11.6. The number of hydrogen-bond acceptors (Lipinski definition) is 9. The zero-order chi connectivity index (χ0) is 24.6. The van der Waals surface area contributed by atoms with Crippen molar-refractivity contribution in [3.05, 3.63) is 35.8 Å². The molecule has 0 radical (unpaired) electrons. The van der Waals surface area contributed by atoms with E-state index >= 15 is 0 Å². The molecule has 1 unspecified atom stereocenters. The number of nitrogens with zero attached hydrogens (tertiary/aromatic N) is 2. The van der Waals surface area contributed by atoms with Crippen LogP contribution in [-0.4, -0.2) is 60.3 Å². The number of allylic oxidation sites excluding steroid dienone is 2. The van der Waals surface area contributed by atoms with E-state index in [4.69, 9.17) is 25.7 Å². The molecule has 182 valence electrons. The van der Waals surface area contributed by atoms with Gasteiger partial charge < -0.3 is 31.0 Å². The lowest BCUT2D eigenvalue weighted by Gasteiger charge is -2.33. The quantitative estimate of drug-likeness (QED) is 0.304. The number of esters is 1. The van der Waals surface area contributed by atoms with Crippen molar-refractivity contribution < 1.29 is 28.6 Å². The molecule has 1 aromatic heterocycles. The number of carbonyl (C=O) groups is 3. The molecule has 0 aliphatic heterocycles. The van der Waals surface area contributed by atoms with Crippen LogP contribution in [-0.2, 0) is 23.8 Å². The number of nitrogens with one attached hydrogen (secondary N) is 1. The van der Waals surface area contributed by atoms with Crippen LogP contribution in [0.1, 0.15) is 50.3 Å². The minimum absolute atomic E-state index is 0.131. The number of anilines is 1. The van der Waals surface area contributed by atoms with E-state index in [0.717, 1.165) is 18.4 Å². The second-order valence-corrected chi connectivity index (χ2v) is 8.66. The average molecular weight is 464 g/mol. The first-order valence-electron chi connectivity index (χ1n) is 10.6. The number of methoxy groups -OCH3 is 1. The predicted octanol–water partition coefficient (Wildman–Crippen LogP) is 1.07. The summed E-state index contributed by atoms with van der Waals surface area (Å²) < 4.78 is 17.8. The molecule has 3 atom stereocenters. The summed E-state index contributed by atoms with van der Waals surface area (Å²) in [5.41, 5.74) is 11.4. The van der Waals surface area contributed by atoms with Gasteiger partial charge in [-0.15, -0.1) is 0 Å². The lowest BCUT2D eigenvalue weighted by Crippen LogP contribution is -2.46. The molecule has 33 heavy (non-hydrogen) atoms. The van der Waals surface area contributed by atoms with Crippen LogP contribution in [0.2, 0.25) is 0 Å². The summed E-state index contributed by atoms with van der Waals surface area (Å²) >= 11 is 0. The number of hydrogen-bond donors (Lipinski definition) is 3. The maximum atomic E-state index is 12.7. The van der Waals surface area contributed by atoms with Gasteiger partial charge in [-0.1, -0.05) is 18.2 Å². The summed E-state index contributed by atoms with van der Waals surface area (Å²) in [6.07, 6.45) is 6.37. The Morgan fingerprint density at radius 1 is 1.33 bits per heavy atom. The Kier molecular flexibility index (Phi) is 9.18. The van der Waals surface area contributed by atoms with E-state index in [2.05, 4.69) is 22.5 Å². The molecule has 1 aromatic rings.